The van der Waals surface area contributed by atoms with Gasteiger partial charge in [0.15, 0.2) is 0 Å². The van der Waals surface area contributed by atoms with Crippen molar-refractivity contribution in [1.82, 2.24) is 4.90 Å². The van der Waals surface area contributed by atoms with Gasteiger partial charge >= 0.3 is 0 Å². The SMILES string of the molecule is Cc1cccc(NC(=O)C(C#N)=CN(C)C)c1. The number of aryl methyl sites for hydroxylation is 1. The Labute approximate surface area is 101 Å². The first-order valence-corrected chi connectivity index (χ1v) is 5.19. The van der Waals surface area contributed by atoms with Gasteiger partial charge in [-0.2, -0.15) is 5.26 Å². The molecule has 0 unspecified atom stereocenters. The zero-order valence-electron chi connectivity index (χ0n) is 10.2. The van der Waals surface area contributed by atoms with Crippen molar-refractivity contribution in [3.8, 4) is 6.07 Å². The highest BCUT2D eigenvalue weighted by Gasteiger charge is 2.09. The van der Waals surface area contributed by atoms with Gasteiger partial charge in [-0.3, -0.25) is 4.79 Å². The van der Waals surface area contributed by atoms with Gasteiger partial charge in [0.1, 0.15) is 11.6 Å². The molecule has 0 heterocycles. The van der Waals surface area contributed by atoms with Crippen molar-refractivity contribution in [2.24, 2.45) is 0 Å². The molecule has 4 nitrogen and oxygen atoms in total. The molecule has 0 aromatic heterocycles. The average Bonchev–Trinajstić information content (AvgIpc) is 2.25. The Morgan fingerprint density at radius 2 is 2.18 bits per heavy atom. The monoisotopic (exact) mass is 229 g/mol. The molecule has 1 rings (SSSR count). The van der Waals surface area contributed by atoms with Gasteiger partial charge in [0.25, 0.3) is 5.91 Å². The van der Waals surface area contributed by atoms with Crippen LogP contribution in [0.5, 0.6) is 0 Å². The molecule has 0 radical (unpaired) electrons. The van der Waals surface area contributed by atoms with E-state index in [0.29, 0.717) is 5.69 Å². The number of nitriles is 1. The molecule has 88 valence electrons. The number of rotatable bonds is 3. The van der Waals surface area contributed by atoms with Crippen LogP contribution in [0.1, 0.15) is 5.56 Å². The predicted molar refractivity (Wildman–Crippen MR) is 67.2 cm³/mol. The summed E-state index contributed by atoms with van der Waals surface area (Å²) in [6.45, 7) is 1.94. The van der Waals surface area contributed by atoms with E-state index >= 15 is 0 Å². The summed E-state index contributed by atoms with van der Waals surface area (Å²) in [5.41, 5.74) is 1.82. The molecular formula is C13H15N3O. The minimum Gasteiger partial charge on any atom is -0.382 e. The third-order valence-corrected chi connectivity index (χ3v) is 2.03. The van der Waals surface area contributed by atoms with Crippen LogP contribution in [-0.2, 0) is 4.79 Å². The lowest BCUT2D eigenvalue weighted by Gasteiger charge is -2.08. The molecule has 0 aliphatic rings. The van der Waals surface area contributed by atoms with Crippen LogP contribution in [0.2, 0.25) is 0 Å². The number of hydrogen-bond donors (Lipinski definition) is 1. The molecule has 4 heteroatoms. The van der Waals surface area contributed by atoms with E-state index in [9.17, 15) is 4.79 Å². The highest BCUT2D eigenvalue weighted by molar-refractivity contribution is 6.06. The van der Waals surface area contributed by atoms with Gasteiger partial charge in [-0.15, -0.1) is 0 Å². The second kappa shape index (κ2) is 5.71. The second-order valence-corrected chi connectivity index (χ2v) is 3.94. The molecule has 1 aromatic carbocycles. The smallest absolute Gasteiger partial charge is 0.267 e. The number of hydrogen-bond acceptors (Lipinski definition) is 3. The van der Waals surface area contributed by atoms with E-state index in [-0.39, 0.29) is 5.57 Å². The first-order chi connectivity index (χ1) is 8.02. The van der Waals surface area contributed by atoms with Crippen LogP contribution in [0, 0.1) is 18.3 Å². The molecule has 0 atom stereocenters. The minimum absolute atomic E-state index is 0.0801. The highest BCUT2D eigenvalue weighted by Crippen LogP contribution is 2.10. The van der Waals surface area contributed by atoms with E-state index in [1.54, 1.807) is 25.1 Å². The van der Waals surface area contributed by atoms with Crippen molar-refractivity contribution in [3.05, 3.63) is 41.6 Å². The molecule has 1 N–H and O–H groups in total. The molecule has 1 aromatic rings. The van der Waals surface area contributed by atoms with Gasteiger partial charge in [0.05, 0.1) is 0 Å². The number of nitrogens with zero attached hydrogens (tertiary/aromatic N) is 2. The van der Waals surface area contributed by atoms with Crippen LogP contribution in [0.4, 0.5) is 5.69 Å². The topological polar surface area (TPSA) is 56.1 Å². The van der Waals surface area contributed by atoms with Crippen LogP contribution in [0.3, 0.4) is 0 Å². The molecule has 0 saturated heterocycles. The fraction of sp³-hybridized carbons (Fsp3) is 0.231. The van der Waals surface area contributed by atoms with E-state index in [1.807, 2.05) is 31.2 Å². The summed E-state index contributed by atoms with van der Waals surface area (Å²) in [5, 5.41) is 11.6. The zero-order chi connectivity index (χ0) is 12.8. The Hall–Kier alpha value is -2.28. The van der Waals surface area contributed by atoms with Crippen LogP contribution in [0.25, 0.3) is 0 Å². The maximum absolute atomic E-state index is 11.8. The number of amides is 1. The molecule has 0 aliphatic carbocycles. The lowest BCUT2D eigenvalue weighted by atomic mass is 10.2. The highest BCUT2D eigenvalue weighted by atomic mass is 16.1. The van der Waals surface area contributed by atoms with Crippen LogP contribution in [-0.4, -0.2) is 24.9 Å². The van der Waals surface area contributed by atoms with Gasteiger partial charge in [0, 0.05) is 26.0 Å². The Balaban J connectivity index is 2.82. The maximum Gasteiger partial charge on any atom is 0.267 e. The number of carbonyl (C=O) groups excluding carboxylic acids is 1. The summed E-state index contributed by atoms with van der Waals surface area (Å²) in [5.74, 6) is -0.396. The molecule has 0 fully saturated rings. The predicted octanol–water partition coefficient (Wildman–Crippen LogP) is 1.90. The van der Waals surface area contributed by atoms with E-state index < -0.39 is 5.91 Å². The largest absolute Gasteiger partial charge is 0.382 e. The van der Waals surface area contributed by atoms with Gasteiger partial charge in [-0.1, -0.05) is 12.1 Å². The van der Waals surface area contributed by atoms with Gasteiger partial charge in [-0.05, 0) is 24.6 Å². The Bertz CT molecular complexity index is 484. The zero-order valence-corrected chi connectivity index (χ0v) is 10.2. The van der Waals surface area contributed by atoms with Crippen molar-refractivity contribution < 1.29 is 4.79 Å². The summed E-state index contributed by atoms with van der Waals surface area (Å²) in [4.78, 5) is 13.4. The summed E-state index contributed by atoms with van der Waals surface area (Å²) >= 11 is 0. The Morgan fingerprint density at radius 1 is 1.47 bits per heavy atom. The summed E-state index contributed by atoms with van der Waals surface area (Å²) in [6.07, 6.45) is 1.49. The molecule has 1 amide bonds. The number of nitrogens with one attached hydrogen (secondary N) is 1. The number of carbonyl (C=O) groups is 1. The quantitative estimate of drug-likeness (QED) is 0.636. The van der Waals surface area contributed by atoms with Crippen LogP contribution >= 0.6 is 0 Å². The lowest BCUT2D eigenvalue weighted by Crippen LogP contribution is -2.16. The van der Waals surface area contributed by atoms with Crippen LogP contribution < -0.4 is 5.32 Å². The standard InChI is InChI=1S/C13H15N3O/c1-10-5-4-6-12(7-10)15-13(17)11(8-14)9-16(2)3/h4-7,9H,1-3H3,(H,15,17). The third kappa shape index (κ3) is 3.99. The molecular weight excluding hydrogens is 214 g/mol. The molecule has 17 heavy (non-hydrogen) atoms. The molecule has 0 bridgehead atoms. The van der Waals surface area contributed by atoms with E-state index in [4.69, 9.17) is 5.26 Å². The average molecular weight is 229 g/mol. The lowest BCUT2D eigenvalue weighted by molar-refractivity contribution is -0.112. The van der Waals surface area contributed by atoms with E-state index in [2.05, 4.69) is 5.32 Å². The number of benzene rings is 1. The van der Waals surface area contributed by atoms with Crippen molar-refractivity contribution in [3.63, 3.8) is 0 Å². The Kier molecular flexibility index (Phi) is 4.29. The summed E-state index contributed by atoms with van der Waals surface area (Å²) in [7, 11) is 3.52. The fourth-order valence-electron chi connectivity index (χ4n) is 1.32. The van der Waals surface area contributed by atoms with E-state index in [1.165, 1.54) is 6.20 Å². The van der Waals surface area contributed by atoms with Crippen molar-refractivity contribution in [2.45, 2.75) is 6.92 Å². The van der Waals surface area contributed by atoms with Crippen molar-refractivity contribution >= 4 is 11.6 Å². The van der Waals surface area contributed by atoms with Crippen molar-refractivity contribution in [1.29, 1.82) is 5.26 Å². The summed E-state index contributed by atoms with van der Waals surface area (Å²) in [6, 6.07) is 9.31. The van der Waals surface area contributed by atoms with E-state index in [0.717, 1.165) is 5.56 Å². The Morgan fingerprint density at radius 3 is 2.71 bits per heavy atom. The number of anilines is 1. The minimum atomic E-state index is -0.396. The van der Waals surface area contributed by atoms with Crippen LogP contribution in [0.15, 0.2) is 36.0 Å². The summed E-state index contributed by atoms with van der Waals surface area (Å²) < 4.78 is 0. The molecule has 0 spiro atoms. The fourth-order valence-corrected chi connectivity index (χ4v) is 1.32. The molecule has 0 saturated carbocycles. The maximum atomic E-state index is 11.8. The van der Waals surface area contributed by atoms with Gasteiger partial charge in [0.2, 0.25) is 0 Å². The van der Waals surface area contributed by atoms with Gasteiger partial charge < -0.3 is 10.2 Å². The van der Waals surface area contributed by atoms with Gasteiger partial charge in [-0.25, -0.2) is 0 Å². The first-order valence-electron chi connectivity index (χ1n) is 5.19. The van der Waals surface area contributed by atoms with Crippen molar-refractivity contribution in [2.75, 3.05) is 19.4 Å². The first kappa shape index (κ1) is 12.8. The molecule has 0 aliphatic heterocycles. The third-order valence-electron chi connectivity index (χ3n) is 2.03. The second-order valence-electron chi connectivity index (χ2n) is 3.94. The normalized spacial score (nSPS) is 10.6.